The smallest absolute Gasteiger partial charge is 0.257 e. The lowest BCUT2D eigenvalue weighted by molar-refractivity contribution is -0.123. The van der Waals surface area contributed by atoms with Crippen LogP contribution in [0.4, 0.5) is 0 Å². The van der Waals surface area contributed by atoms with Crippen molar-refractivity contribution in [3.8, 4) is 5.75 Å². The average Bonchev–Trinajstić information content (AvgIpc) is 2.91. The maximum absolute atomic E-state index is 11.8. The number of furan rings is 1. The molecule has 0 radical (unpaired) electrons. The highest BCUT2D eigenvalue weighted by Gasteiger charge is 2.14. The number of rotatable bonds is 8. The zero-order valence-corrected chi connectivity index (χ0v) is 15.3. The maximum Gasteiger partial charge on any atom is 0.257 e. The molecule has 1 aromatic heterocycles. The molecule has 1 aromatic carbocycles. The van der Waals surface area contributed by atoms with Crippen LogP contribution in [0.5, 0.6) is 5.75 Å². The van der Waals surface area contributed by atoms with Crippen LogP contribution in [0.2, 0.25) is 0 Å². The first-order chi connectivity index (χ1) is 11.9. The lowest BCUT2D eigenvalue weighted by Crippen LogP contribution is -2.30. The van der Waals surface area contributed by atoms with Crippen LogP contribution in [-0.4, -0.2) is 24.2 Å². The summed E-state index contributed by atoms with van der Waals surface area (Å²) < 4.78 is 10.9. The van der Waals surface area contributed by atoms with Gasteiger partial charge in [0.15, 0.2) is 6.61 Å². The molecule has 25 heavy (non-hydrogen) atoms. The molecule has 1 amide bonds. The van der Waals surface area contributed by atoms with Gasteiger partial charge >= 0.3 is 0 Å². The predicted octanol–water partition coefficient (Wildman–Crippen LogP) is 3.64. The highest BCUT2D eigenvalue weighted by atomic mass is 16.5. The van der Waals surface area contributed by atoms with Crippen LogP contribution in [0, 0.1) is 13.8 Å². The van der Waals surface area contributed by atoms with Gasteiger partial charge in [-0.2, -0.15) is 0 Å². The van der Waals surface area contributed by atoms with Crippen LogP contribution in [0.15, 0.2) is 34.7 Å². The molecule has 1 atom stereocenters. The van der Waals surface area contributed by atoms with Gasteiger partial charge in [-0.15, -0.1) is 0 Å². The summed E-state index contributed by atoms with van der Waals surface area (Å²) in [5.41, 5.74) is 2.00. The number of amides is 1. The van der Waals surface area contributed by atoms with E-state index in [0.717, 1.165) is 11.3 Å². The maximum atomic E-state index is 11.8. The van der Waals surface area contributed by atoms with Gasteiger partial charge in [0, 0.05) is 12.1 Å². The van der Waals surface area contributed by atoms with Crippen LogP contribution in [0.25, 0.3) is 0 Å². The molecule has 1 heterocycles. The number of aliphatic hydroxyl groups is 1. The van der Waals surface area contributed by atoms with Crippen LogP contribution in [-0.2, 0) is 4.79 Å². The van der Waals surface area contributed by atoms with Crippen molar-refractivity contribution in [3.05, 3.63) is 53.0 Å². The quantitative estimate of drug-likeness (QED) is 0.766. The Kier molecular flexibility index (Phi) is 6.65. The number of hydrogen-bond donors (Lipinski definition) is 2. The number of carbonyl (C=O) groups is 1. The zero-order chi connectivity index (χ0) is 18.4. The van der Waals surface area contributed by atoms with Gasteiger partial charge in [-0.3, -0.25) is 4.79 Å². The summed E-state index contributed by atoms with van der Waals surface area (Å²) in [6.45, 7) is 8.26. The van der Waals surface area contributed by atoms with Crippen molar-refractivity contribution in [3.63, 3.8) is 0 Å². The van der Waals surface area contributed by atoms with Crippen molar-refractivity contribution in [2.45, 2.75) is 46.1 Å². The second-order valence-electron chi connectivity index (χ2n) is 6.54. The lowest BCUT2D eigenvalue weighted by atomic mass is 10.0. The normalized spacial score (nSPS) is 12.2. The minimum atomic E-state index is -0.651. The average molecular weight is 345 g/mol. The van der Waals surface area contributed by atoms with Gasteiger partial charge < -0.3 is 19.6 Å². The summed E-state index contributed by atoms with van der Waals surface area (Å²) in [4.78, 5) is 11.8. The van der Waals surface area contributed by atoms with Crippen LogP contribution in [0.3, 0.4) is 0 Å². The fourth-order valence-electron chi connectivity index (χ4n) is 2.63. The number of hydrogen-bond acceptors (Lipinski definition) is 4. The van der Waals surface area contributed by atoms with E-state index in [0.29, 0.717) is 30.4 Å². The highest BCUT2D eigenvalue weighted by Crippen LogP contribution is 2.23. The lowest BCUT2D eigenvalue weighted by Gasteiger charge is -2.11. The van der Waals surface area contributed by atoms with E-state index in [-0.39, 0.29) is 12.5 Å². The topological polar surface area (TPSA) is 71.7 Å². The second-order valence-corrected chi connectivity index (χ2v) is 6.54. The van der Waals surface area contributed by atoms with Gasteiger partial charge in [-0.25, -0.2) is 0 Å². The van der Waals surface area contributed by atoms with E-state index in [1.165, 1.54) is 5.56 Å². The third kappa shape index (κ3) is 5.64. The van der Waals surface area contributed by atoms with Crippen molar-refractivity contribution in [1.29, 1.82) is 0 Å². The van der Waals surface area contributed by atoms with Crippen LogP contribution >= 0.6 is 0 Å². The Bertz CT molecular complexity index is 688. The molecule has 2 aromatic rings. The number of ether oxygens (including phenoxy) is 1. The Morgan fingerprint density at radius 2 is 1.92 bits per heavy atom. The predicted molar refractivity (Wildman–Crippen MR) is 96.8 cm³/mol. The van der Waals surface area contributed by atoms with Gasteiger partial charge in [-0.05, 0) is 49.9 Å². The van der Waals surface area contributed by atoms with E-state index in [2.05, 4.69) is 19.2 Å². The molecule has 0 aliphatic rings. The van der Waals surface area contributed by atoms with E-state index < -0.39 is 6.10 Å². The Balaban J connectivity index is 1.71. The first-order valence-electron chi connectivity index (χ1n) is 8.61. The number of carbonyl (C=O) groups excluding carboxylic acids is 1. The number of nitrogens with one attached hydrogen (secondary N) is 1. The van der Waals surface area contributed by atoms with Crippen molar-refractivity contribution in [2.75, 3.05) is 13.2 Å². The van der Waals surface area contributed by atoms with E-state index in [1.54, 1.807) is 0 Å². The van der Waals surface area contributed by atoms with E-state index in [9.17, 15) is 9.90 Å². The molecule has 2 N–H and O–H groups in total. The summed E-state index contributed by atoms with van der Waals surface area (Å²) in [5, 5.41) is 12.9. The minimum Gasteiger partial charge on any atom is -0.484 e. The number of aliphatic hydroxyl groups excluding tert-OH is 1. The molecule has 0 bridgehead atoms. The molecule has 136 valence electrons. The first kappa shape index (κ1) is 19.1. The summed E-state index contributed by atoms with van der Waals surface area (Å²) >= 11 is 0. The molecule has 0 saturated heterocycles. The van der Waals surface area contributed by atoms with Gasteiger partial charge in [0.05, 0.1) is 6.10 Å². The SMILES string of the molecule is Cc1cc(C(O)CCNC(=O)COc2ccc(C(C)C)cc2)c(C)o1. The summed E-state index contributed by atoms with van der Waals surface area (Å²) in [6, 6.07) is 9.57. The minimum absolute atomic E-state index is 0.0407. The monoisotopic (exact) mass is 345 g/mol. The number of aryl methyl sites for hydroxylation is 2. The van der Waals surface area contributed by atoms with Gasteiger partial charge in [0.2, 0.25) is 0 Å². The summed E-state index contributed by atoms with van der Waals surface area (Å²) in [7, 11) is 0. The van der Waals surface area contributed by atoms with Gasteiger partial charge in [0.1, 0.15) is 17.3 Å². The fraction of sp³-hybridized carbons (Fsp3) is 0.450. The largest absolute Gasteiger partial charge is 0.484 e. The molecule has 0 spiro atoms. The molecule has 5 heteroatoms. The van der Waals surface area contributed by atoms with E-state index in [1.807, 2.05) is 44.2 Å². The third-order valence-electron chi connectivity index (χ3n) is 4.10. The highest BCUT2D eigenvalue weighted by molar-refractivity contribution is 5.77. The molecule has 0 fully saturated rings. The molecule has 2 rings (SSSR count). The van der Waals surface area contributed by atoms with E-state index in [4.69, 9.17) is 9.15 Å². The molecular formula is C20H27NO4. The van der Waals surface area contributed by atoms with Crippen molar-refractivity contribution >= 4 is 5.91 Å². The van der Waals surface area contributed by atoms with Crippen molar-refractivity contribution in [1.82, 2.24) is 5.32 Å². The van der Waals surface area contributed by atoms with Crippen LogP contribution in [0.1, 0.15) is 54.9 Å². The Morgan fingerprint density at radius 1 is 1.24 bits per heavy atom. The third-order valence-corrected chi connectivity index (χ3v) is 4.10. The first-order valence-corrected chi connectivity index (χ1v) is 8.61. The molecule has 0 aliphatic heterocycles. The summed E-state index contributed by atoms with van der Waals surface area (Å²) in [5.74, 6) is 2.41. The second kappa shape index (κ2) is 8.72. The molecular weight excluding hydrogens is 318 g/mol. The standard InChI is InChI=1S/C20H27NO4/c1-13(2)16-5-7-17(8-6-16)24-12-20(23)21-10-9-19(22)18-11-14(3)25-15(18)4/h5-8,11,13,19,22H,9-10,12H2,1-4H3,(H,21,23). The molecule has 5 nitrogen and oxygen atoms in total. The number of benzene rings is 1. The molecule has 1 unspecified atom stereocenters. The Hall–Kier alpha value is -2.27. The van der Waals surface area contributed by atoms with E-state index >= 15 is 0 Å². The van der Waals surface area contributed by atoms with Gasteiger partial charge in [-0.1, -0.05) is 26.0 Å². The molecule has 0 saturated carbocycles. The summed E-state index contributed by atoms with van der Waals surface area (Å²) in [6.07, 6.45) is -0.225. The molecule has 0 aliphatic carbocycles. The zero-order valence-electron chi connectivity index (χ0n) is 15.3. The Labute approximate surface area is 149 Å². The van der Waals surface area contributed by atoms with Crippen molar-refractivity contribution in [2.24, 2.45) is 0 Å². The van der Waals surface area contributed by atoms with Crippen LogP contribution < -0.4 is 10.1 Å². The van der Waals surface area contributed by atoms with Gasteiger partial charge in [0.25, 0.3) is 5.91 Å². The van der Waals surface area contributed by atoms with Crippen molar-refractivity contribution < 1.29 is 19.1 Å². The fourth-order valence-corrected chi connectivity index (χ4v) is 2.63. The Morgan fingerprint density at radius 3 is 2.48 bits per heavy atom.